The van der Waals surface area contributed by atoms with Gasteiger partial charge in [0.05, 0.1) is 0 Å². The summed E-state index contributed by atoms with van der Waals surface area (Å²) in [6.07, 6.45) is -9.29. The Morgan fingerprint density at radius 3 is 2.17 bits per heavy atom. The predicted molar refractivity (Wildman–Crippen MR) is 51.7 cm³/mol. The fourth-order valence-electron chi connectivity index (χ4n) is 1.19. The van der Waals surface area contributed by atoms with E-state index in [1.54, 1.807) is 5.32 Å². The van der Waals surface area contributed by atoms with Crippen LogP contribution in [0.2, 0.25) is 0 Å². The smallest absolute Gasteiger partial charge is 0.361 e. The van der Waals surface area contributed by atoms with Crippen molar-refractivity contribution >= 4 is 5.82 Å². The van der Waals surface area contributed by atoms with E-state index in [4.69, 9.17) is 5.73 Å². The minimum atomic E-state index is -4.76. The highest BCUT2D eigenvalue weighted by atomic mass is 19.4. The van der Waals surface area contributed by atoms with E-state index >= 15 is 0 Å². The van der Waals surface area contributed by atoms with Gasteiger partial charge >= 0.3 is 12.4 Å². The van der Waals surface area contributed by atoms with Crippen LogP contribution in [-0.2, 0) is 12.7 Å². The monoisotopic (exact) mass is 273 g/mol. The molecule has 0 amide bonds. The van der Waals surface area contributed by atoms with Crippen molar-refractivity contribution < 1.29 is 26.3 Å². The van der Waals surface area contributed by atoms with Crippen molar-refractivity contribution in [1.82, 2.24) is 4.98 Å². The van der Waals surface area contributed by atoms with Gasteiger partial charge in [-0.15, -0.1) is 0 Å². The molecule has 0 aliphatic heterocycles. The van der Waals surface area contributed by atoms with Gasteiger partial charge in [-0.2, -0.15) is 26.3 Å². The summed E-state index contributed by atoms with van der Waals surface area (Å²) in [5.41, 5.74) is 3.54. The summed E-state index contributed by atoms with van der Waals surface area (Å²) in [4.78, 5) is 3.10. The first-order valence-corrected chi connectivity index (χ1v) is 4.71. The van der Waals surface area contributed by atoms with E-state index in [1.165, 1.54) is 0 Å². The molecule has 0 radical (unpaired) electrons. The second-order valence-electron chi connectivity index (χ2n) is 3.37. The summed E-state index contributed by atoms with van der Waals surface area (Å²) in [6.45, 7) is -1.86. The third kappa shape index (κ3) is 4.06. The number of hydrogen-bond donors (Lipinski definition) is 2. The van der Waals surface area contributed by atoms with Crippen LogP contribution >= 0.6 is 0 Å². The number of hydrogen-bond acceptors (Lipinski definition) is 3. The summed E-state index contributed by atoms with van der Waals surface area (Å²) in [5.74, 6) is -0.503. The maximum Gasteiger partial charge on any atom is 0.433 e. The number of nitrogens with zero attached hydrogens (tertiary/aromatic N) is 1. The van der Waals surface area contributed by atoms with E-state index in [0.29, 0.717) is 0 Å². The van der Waals surface area contributed by atoms with Crippen molar-refractivity contribution in [2.45, 2.75) is 18.9 Å². The lowest BCUT2D eigenvalue weighted by Crippen LogP contribution is -2.23. The minimum Gasteiger partial charge on any atom is -0.361 e. The van der Waals surface area contributed by atoms with Crippen molar-refractivity contribution in [1.29, 1.82) is 0 Å². The van der Waals surface area contributed by atoms with Gasteiger partial charge in [-0.1, -0.05) is 6.07 Å². The molecule has 102 valence electrons. The molecule has 0 aromatic carbocycles. The summed E-state index contributed by atoms with van der Waals surface area (Å²) < 4.78 is 73.2. The molecule has 1 heterocycles. The van der Waals surface area contributed by atoms with Crippen molar-refractivity contribution in [3.05, 3.63) is 23.4 Å². The summed E-state index contributed by atoms with van der Waals surface area (Å²) in [5, 5.41) is 1.77. The van der Waals surface area contributed by atoms with Crippen LogP contribution in [0, 0.1) is 0 Å². The maximum absolute atomic E-state index is 12.5. The number of alkyl halides is 6. The third-order valence-electron chi connectivity index (χ3n) is 1.94. The molecule has 0 aliphatic rings. The van der Waals surface area contributed by atoms with Crippen LogP contribution in [0.4, 0.5) is 32.2 Å². The van der Waals surface area contributed by atoms with Gasteiger partial charge < -0.3 is 11.1 Å². The second kappa shape index (κ2) is 5.01. The lowest BCUT2D eigenvalue weighted by atomic mass is 10.2. The Balaban J connectivity index is 2.97. The fourth-order valence-corrected chi connectivity index (χ4v) is 1.19. The van der Waals surface area contributed by atoms with Crippen LogP contribution in [0.3, 0.4) is 0 Å². The van der Waals surface area contributed by atoms with Gasteiger partial charge in [-0.25, -0.2) is 4.98 Å². The first-order chi connectivity index (χ1) is 8.13. The van der Waals surface area contributed by atoms with Gasteiger partial charge in [-0.3, -0.25) is 0 Å². The lowest BCUT2D eigenvalue weighted by molar-refractivity contribution is -0.141. The molecule has 0 atom stereocenters. The second-order valence-corrected chi connectivity index (χ2v) is 3.37. The van der Waals surface area contributed by atoms with E-state index in [1.807, 2.05) is 0 Å². The number of anilines is 1. The molecule has 1 aromatic heterocycles. The molecule has 3 nitrogen and oxygen atoms in total. The molecule has 0 unspecified atom stereocenters. The van der Waals surface area contributed by atoms with Gasteiger partial charge in [0, 0.05) is 6.54 Å². The molecule has 1 rings (SSSR count). The van der Waals surface area contributed by atoms with Crippen LogP contribution in [-0.4, -0.2) is 17.7 Å². The van der Waals surface area contributed by atoms with Gasteiger partial charge in [0.25, 0.3) is 0 Å². The molecule has 0 saturated heterocycles. The molecule has 0 bridgehead atoms. The molecule has 9 heteroatoms. The number of halogens is 6. The van der Waals surface area contributed by atoms with Gasteiger partial charge in [0.1, 0.15) is 12.4 Å². The van der Waals surface area contributed by atoms with Crippen LogP contribution < -0.4 is 11.1 Å². The Labute approximate surface area is 98.0 Å². The van der Waals surface area contributed by atoms with E-state index < -0.39 is 37.0 Å². The summed E-state index contributed by atoms with van der Waals surface area (Å²) >= 11 is 0. The van der Waals surface area contributed by atoms with Gasteiger partial charge in [0.15, 0.2) is 5.69 Å². The Hall–Kier alpha value is -1.51. The molecule has 3 N–H and O–H groups in total. The zero-order valence-corrected chi connectivity index (χ0v) is 8.86. The Morgan fingerprint density at radius 1 is 1.11 bits per heavy atom. The fraction of sp³-hybridized carbons (Fsp3) is 0.444. The van der Waals surface area contributed by atoms with E-state index in [9.17, 15) is 26.3 Å². The highest BCUT2D eigenvalue weighted by Crippen LogP contribution is 2.31. The molecule has 0 spiro atoms. The average molecular weight is 273 g/mol. The Morgan fingerprint density at radius 2 is 1.72 bits per heavy atom. The Kier molecular flexibility index (Phi) is 4.05. The zero-order chi connectivity index (χ0) is 14.0. The standard InChI is InChI=1S/C9H9F6N3/c10-8(11,12)4-17-6-2-1-5(3-16)7(18-6)9(13,14)15/h1-2H,3-4,16H2,(H,17,18). The lowest BCUT2D eigenvalue weighted by Gasteiger charge is -2.14. The molecular formula is C9H9F6N3. The van der Waals surface area contributed by atoms with Crippen LogP contribution in [0.5, 0.6) is 0 Å². The largest absolute Gasteiger partial charge is 0.433 e. The van der Waals surface area contributed by atoms with Crippen LogP contribution in [0.15, 0.2) is 12.1 Å². The number of pyridine rings is 1. The number of nitrogens with two attached hydrogens (primary N) is 1. The third-order valence-corrected chi connectivity index (χ3v) is 1.94. The van der Waals surface area contributed by atoms with Crippen molar-refractivity contribution in [2.75, 3.05) is 11.9 Å². The van der Waals surface area contributed by atoms with E-state index in [-0.39, 0.29) is 5.56 Å². The molecule has 0 saturated carbocycles. The number of nitrogens with one attached hydrogen (secondary N) is 1. The first-order valence-electron chi connectivity index (χ1n) is 4.71. The number of aromatic nitrogens is 1. The maximum atomic E-state index is 12.5. The summed E-state index contributed by atoms with van der Waals surface area (Å²) in [7, 11) is 0. The van der Waals surface area contributed by atoms with Crippen LogP contribution in [0.1, 0.15) is 11.3 Å². The highest BCUT2D eigenvalue weighted by molar-refractivity contribution is 5.39. The number of rotatable bonds is 3. The van der Waals surface area contributed by atoms with Gasteiger partial charge in [0.2, 0.25) is 0 Å². The zero-order valence-electron chi connectivity index (χ0n) is 8.86. The molecule has 0 fully saturated rings. The van der Waals surface area contributed by atoms with Crippen LogP contribution in [0.25, 0.3) is 0 Å². The summed E-state index contributed by atoms with van der Waals surface area (Å²) in [6, 6.07) is 2.01. The Bertz CT molecular complexity index is 412. The molecule has 18 heavy (non-hydrogen) atoms. The highest BCUT2D eigenvalue weighted by Gasteiger charge is 2.35. The quantitative estimate of drug-likeness (QED) is 0.832. The van der Waals surface area contributed by atoms with Crippen molar-refractivity contribution in [2.24, 2.45) is 5.73 Å². The predicted octanol–water partition coefficient (Wildman–Crippen LogP) is 2.53. The minimum absolute atomic E-state index is 0.278. The van der Waals surface area contributed by atoms with Gasteiger partial charge in [-0.05, 0) is 11.6 Å². The molecule has 1 aromatic rings. The topological polar surface area (TPSA) is 50.9 Å². The van der Waals surface area contributed by atoms with Crippen molar-refractivity contribution in [3.63, 3.8) is 0 Å². The molecular weight excluding hydrogens is 264 g/mol. The molecule has 0 aliphatic carbocycles. The first kappa shape index (κ1) is 14.6. The van der Waals surface area contributed by atoms with E-state index in [2.05, 4.69) is 4.98 Å². The van der Waals surface area contributed by atoms with E-state index in [0.717, 1.165) is 12.1 Å². The van der Waals surface area contributed by atoms with Crippen molar-refractivity contribution in [3.8, 4) is 0 Å². The SMILES string of the molecule is NCc1ccc(NCC(F)(F)F)nc1C(F)(F)F. The average Bonchev–Trinajstić information content (AvgIpc) is 2.24. The normalized spacial score (nSPS) is 12.6.